The number of carbonyl (C=O) groups is 1. The zero-order chi connectivity index (χ0) is 17.1. The van der Waals surface area contributed by atoms with E-state index in [1.165, 1.54) is 6.07 Å². The maximum Gasteiger partial charge on any atom is 0.252 e. The molecule has 2 aliphatic rings. The summed E-state index contributed by atoms with van der Waals surface area (Å²) >= 11 is 0. The monoisotopic (exact) mass is 338 g/mol. The quantitative estimate of drug-likeness (QED) is 0.898. The molecule has 1 aromatic rings. The molecule has 1 aliphatic carbocycles. The first-order valence-electron chi connectivity index (χ1n) is 8.68. The third-order valence-electron chi connectivity index (χ3n) is 5.04. The summed E-state index contributed by atoms with van der Waals surface area (Å²) in [5, 5.41) is 0. The van der Waals surface area contributed by atoms with Gasteiger partial charge in [-0.1, -0.05) is 12.8 Å². The molecule has 132 valence electrons. The van der Waals surface area contributed by atoms with Crippen LogP contribution in [0.25, 0.3) is 0 Å². The van der Waals surface area contributed by atoms with Crippen molar-refractivity contribution < 1.29 is 18.3 Å². The maximum absolute atomic E-state index is 14.0. The lowest BCUT2D eigenvalue weighted by Gasteiger charge is -2.31. The largest absolute Gasteiger partial charge is 0.364 e. The predicted octanol–water partition coefficient (Wildman–Crippen LogP) is 2.74. The van der Waals surface area contributed by atoms with E-state index in [1.807, 2.05) is 0 Å². The number of rotatable bonds is 5. The van der Waals surface area contributed by atoms with Crippen LogP contribution in [-0.4, -0.2) is 35.6 Å². The fourth-order valence-corrected chi connectivity index (χ4v) is 3.70. The minimum absolute atomic E-state index is 0.0701. The fraction of sp³-hybridized carbons (Fsp3) is 0.611. The molecular weight excluding hydrogens is 314 g/mol. The summed E-state index contributed by atoms with van der Waals surface area (Å²) in [4.78, 5) is 14.6. The van der Waals surface area contributed by atoms with Crippen LogP contribution in [-0.2, 0) is 16.1 Å². The second-order valence-electron chi connectivity index (χ2n) is 6.70. The first kappa shape index (κ1) is 17.3. The minimum Gasteiger partial charge on any atom is -0.364 e. The van der Waals surface area contributed by atoms with Gasteiger partial charge in [-0.25, -0.2) is 8.78 Å². The smallest absolute Gasteiger partial charge is 0.252 e. The maximum atomic E-state index is 14.0. The Labute approximate surface area is 141 Å². The Bertz CT molecular complexity index is 590. The van der Waals surface area contributed by atoms with Crippen molar-refractivity contribution in [1.29, 1.82) is 0 Å². The average molecular weight is 338 g/mol. The molecule has 1 heterocycles. The highest BCUT2D eigenvalue weighted by Gasteiger charge is 2.36. The van der Waals surface area contributed by atoms with E-state index >= 15 is 0 Å². The van der Waals surface area contributed by atoms with Gasteiger partial charge < -0.3 is 15.4 Å². The van der Waals surface area contributed by atoms with Gasteiger partial charge in [0.2, 0.25) is 0 Å². The first-order chi connectivity index (χ1) is 11.6. The number of hydrogen-bond acceptors (Lipinski definition) is 3. The number of hydrogen-bond donors (Lipinski definition) is 1. The summed E-state index contributed by atoms with van der Waals surface area (Å²) in [5.41, 5.74) is 5.83. The van der Waals surface area contributed by atoms with Crippen LogP contribution in [0.2, 0.25) is 0 Å². The van der Waals surface area contributed by atoms with Gasteiger partial charge in [0.05, 0.1) is 6.10 Å². The van der Waals surface area contributed by atoms with Crippen molar-refractivity contribution in [2.24, 2.45) is 5.73 Å². The van der Waals surface area contributed by atoms with E-state index < -0.39 is 17.7 Å². The summed E-state index contributed by atoms with van der Waals surface area (Å²) in [6.45, 7) is 0.478. The lowest BCUT2D eigenvalue weighted by atomic mass is 10.1. The van der Waals surface area contributed by atoms with Crippen molar-refractivity contribution in [3.05, 3.63) is 35.4 Å². The number of ether oxygens (including phenoxy) is 1. The lowest BCUT2D eigenvalue weighted by molar-refractivity contribution is -0.145. The zero-order valence-electron chi connectivity index (χ0n) is 13.7. The Kier molecular flexibility index (Phi) is 5.46. The van der Waals surface area contributed by atoms with Crippen LogP contribution in [0.5, 0.6) is 0 Å². The zero-order valence-corrected chi connectivity index (χ0v) is 13.7. The van der Waals surface area contributed by atoms with Gasteiger partial charge in [0.25, 0.3) is 5.91 Å². The summed E-state index contributed by atoms with van der Waals surface area (Å²) < 4.78 is 33.2. The topological polar surface area (TPSA) is 55.6 Å². The van der Waals surface area contributed by atoms with Crippen LogP contribution >= 0.6 is 0 Å². The van der Waals surface area contributed by atoms with Crippen molar-refractivity contribution in [3.63, 3.8) is 0 Å². The molecule has 2 atom stereocenters. The Balaban J connectivity index is 1.78. The van der Waals surface area contributed by atoms with Gasteiger partial charge in [-0.2, -0.15) is 0 Å². The lowest BCUT2D eigenvalue weighted by Crippen LogP contribution is -2.44. The van der Waals surface area contributed by atoms with Crippen molar-refractivity contribution in [2.45, 2.75) is 63.3 Å². The highest BCUT2D eigenvalue weighted by Crippen LogP contribution is 2.29. The Morgan fingerprint density at radius 1 is 1.21 bits per heavy atom. The van der Waals surface area contributed by atoms with Crippen LogP contribution in [0.1, 0.15) is 44.1 Å². The van der Waals surface area contributed by atoms with Crippen LogP contribution < -0.4 is 5.73 Å². The van der Waals surface area contributed by atoms with Crippen LogP contribution in [0, 0.1) is 11.6 Å². The molecule has 0 spiro atoms. The Hall–Kier alpha value is -1.53. The van der Waals surface area contributed by atoms with E-state index in [4.69, 9.17) is 10.5 Å². The van der Waals surface area contributed by atoms with Crippen molar-refractivity contribution in [1.82, 2.24) is 4.90 Å². The van der Waals surface area contributed by atoms with Gasteiger partial charge >= 0.3 is 0 Å². The molecule has 1 saturated carbocycles. The van der Waals surface area contributed by atoms with Gasteiger partial charge in [0.1, 0.15) is 17.7 Å². The van der Waals surface area contributed by atoms with E-state index in [1.54, 1.807) is 4.90 Å². The number of benzene rings is 1. The molecule has 24 heavy (non-hydrogen) atoms. The molecule has 1 amide bonds. The SMILES string of the molecule is NC[C@H]1CC[C@@H](C(=O)N(Cc2cc(F)ccc2F)C2CCCC2)O1. The Morgan fingerprint density at radius 3 is 2.62 bits per heavy atom. The second-order valence-corrected chi connectivity index (χ2v) is 6.70. The van der Waals surface area contributed by atoms with Gasteiger partial charge in [-0.15, -0.1) is 0 Å². The average Bonchev–Trinajstić information content (AvgIpc) is 3.26. The molecule has 0 unspecified atom stereocenters. The normalized spacial score (nSPS) is 24.5. The molecule has 2 N–H and O–H groups in total. The standard InChI is InChI=1S/C18H24F2N2O2/c19-13-5-7-16(20)12(9-13)11-22(14-3-1-2-4-14)18(23)17-8-6-15(10-21)24-17/h5,7,9,14-15,17H,1-4,6,8,10-11,21H2/t15-,17+/m1/s1. The number of nitrogens with zero attached hydrogens (tertiary/aromatic N) is 1. The molecular formula is C18H24F2N2O2. The van der Waals surface area contributed by atoms with Crippen molar-refractivity contribution in [2.75, 3.05) is 6.54 Å². The van der Waals surface area contributed by atoms with E-state index in [0.717, 1.165) is 44.2 Å². The molecule has 0 aromatic heterocycles. The van der Waals surface area contributed by atoms with E-state index in [0.29, 0.717) is 13.0 Å². The van der Waals surface area contributed by atoms with Crippen LogP contribution in [0.15, 0.2) is 18.2 Å². The van der Waals surface area contributed by atoms with E-state index in [-0.39, 0.29) is 30.2 Å². The summed E-state index contributed by atoms with van der Waals surface area (Å²) in [5.74, 6) is -1.11. The number of carbonyl (C=O) groups excluding carboxylic acids is 1. The van der Waals surface area contributed by atoms with Crippen LogP contribution in [0.4, 0.5) is 8.78 Å². The molecule has 4 nitrogen and oxygen atoms in total. The van der Waals surface area contributed by atoms with Crippen LogP contribution in [0.3, 0.4) is 0 Å². The third-order valence-corrected chi connectivity index (χ3v) is 5.04. The van der Waals surface area contributed by atoms with Crippen molar-refractivity contribution >= 4 is 5.91 Å². The number of halogens is 2. The number of nitrogens with two attached hydrogens (primary N) is 1. The molecule has 0 bridgehead atoms. The first-order valence-corrected chi connectivity index (χ1v) is 8.68. The van der Waals surface area contributed by atoms with E-state index in [2.05, 4.69) is 0 Å². The molecule has 1 saturated heterocycles. The third kappa shape index (κ3) is 3.75. The molecule has 1 aliphatic heterocycles. The highest BCUT2D eigenvalue weighted by molar-refractivity contribution is 5.81. The highest BCUT2D eigenvalue weighted by atomic mass is 19.1. The number of amides is 1. The summed E-state index contributed by atoms with van der Waals surface area (Å²) in [7, 11) is 0. The minimum atomic E-state index is -0.518. The van der Waals surface area contributed by atoms with E-state index in [9.17, 15) is 13.6 Å². The molecule has 3 rings (SSSR count). The second kappa shape index (κ2) is 7.57. The molecule has 6 heteroatoms. The summed E-state index contributed by atoms with van der Waals surface area (Å²) in [6.07, 6.45) is 4.69. The molecule has 0 radical (unpaired) electrons. The molecule has 2 fully saturated rings. The Morgan fingerprint density at radius 2 is 1.96 bits per heavy atom. The van der Waals surface area contributed by atoms with Gasteiger partial charge in [0, 0.05) is 24.7 Å². The molecule has 1 aromatic carbocycles. The van der Waals surface area contributed by atoms with Gasteiger partial charge in [-0.05, 0) is 43.9 Å². The summed E-state index contributed by atoms with van der Waals surface area (Å²) in [6, 6.07) is 3.44. The van der Waals surface area contributed by atoms with Gasteiger partial charge in [-0.3, -0.25) is 4.79 Å². The predicted molar refractivity (Wildman–Crippen MR) is 86.1 cm³/mol. The fourth-order valence-electron chi connectivity index (χ4n) is 3.70. The van der Waals surface area contributed by atoms with Crippen molar-refractivity contribution in [3.8, 4) is 0 Å². The van der Waals surface area contributed by atoms with Gasteiger partial charge in [0.15, 0.2) is 0 Å².